The van der Waals surface area contributed by atoms with Crippen LogP contribution in [-0.4, -0.2) is 42.8 Å². The quantitative estimate of drug-likeness (QED) is 0.824. The van der Waals surface area contributed by atoms with Gasteiger partial charge >= 0.3 is 0 Å². The largest absolute Gasteiger partial charge is 0.390 e. The molecule has 2 unspecified atom stereocenters. The summed E-state index contributed by atoms with van der Waals surface area (Å²) in [5.74, 6) is 0. The van der Waals surface area contributed by atoms with Crippen molar-refractivity contribution in [3.63, 3.8) is 0 Å². The Kier molecular flexibility index (Phi) is 2.81. The highest BCUT2D eigenvalue weighted by Gasteiger charge is 2.53. The molecular weight excluding hydrogens is 252 g/mol. The summed E-state index contributed by atoms with van der Waals surface area (Å²) in [6.07, 6.45) is 4.00. The van der Waals surface area contributed by atoms with E-state index in [-0.39, 0.29) is 15.9 Å². The monoisotopic (exact) mass is 274 g/mol. The molecule has 3 heterocycles. The summed E-state index contributed by atoms with van der Waals surface area (Å²) in [7, 11) is -2.97. The van der Waals surface area contributed by atoms with Crippen LogP contribution in [0, 0.1) is 5.41 Å². The maximum Gasteiger partial charge on any atom is 0.156 e. The van der Waals surface area contributed by atoms with E-state index in [1.165, 1.54) is 0 Å². The van der Waals surface area contributed by atoms with Crippen LogP contribution in [0.1, 0.15) is 45.4 Å². The molecule has 0 spiro atoms. The van der Waals surface area contributed by atoms with E-state index in [4.69, 9.17) is 4.74 Å². The van der Waals surface area contributed by atoms with Gasteiger partial charge in [-0.25, -0.2) is 8.42 Å². The highest BCUT2D eigenvalue weighted by molar-refractivity contribution is 7.92. The van der Waals surface area contributed by atoms with E-state index in [2.05, 4.69) is 6.92 Å². The van der Waals surface area contributed by atoms with Crippen molar-refractivity contribution in [3.8, 4) is 0 Å². The Balaban J connectivity index is 1.79. The SMILES string of the molecule is CC1(CC2(O)CC3CCCC(C2)S3(=O)=O)COC1. The van der Waals surface area contributed by atoms with Gasteiger partial charge in [0.2, 0.25) is 0 Å². The minimum Gasteiger partial charge on any atom is -0.390 e. The standard InChI is InChI=1S/C13H22O4S/c1-12(8-17-9-12)7-13(14)5-10-3-2-4-11(6-13)18(10,15)16/h10-11,14H,2-9H2,1H3. The lowest BCUT2D eigenvalue weighted by molar-refractivity contribution is -0.146. The van der Waals surface area contributed by atoms with Gasteiger partial charge in [0.15, 0.2) is 9.84 Å². The minimum absolute atomic E-state index is 0.0458. The van der Waals surface area contributed by atoms with Crippen molar-refractivity contribution in [2.75, 3.05) is 13.2 Å². The van der Waals surface area contributed by atoms with Crippen molar-refractivity contribution in [1.29, 1.82) is 0 Å². The molecule has 3 aliphatic heterocycles. The summed E-state index contributed by atoms with van der Waals surface area (Å²) in [6, 6.07) is 0. The summed E-state index contributed by atoms with van der Waals surface area (Å²) in [5.41, 5.74) is -0.746. The average molecular weight is 274 g/mol. The molecular formula is C13H22O4S. The van der Waals surface area contributed by atoms with Gasteiger partial charge in [-0.1, -0.05) is 13.3 Å². The zero-order valence-corrected chi connectivity index (χ0v) is 11.7. The smallest absolute Gasteiger partial charge is 0.156 e. The van der Waals surface area contributed by atoms with Crippen molar-refractivity contribution in [1.82, 2.24) is 0 Å². The Morgan fingerprint density at radius 1 is 1.22 bits per heavy atom. The number of fused-ring (bicyclic) bond motifs is 2. The minimum atomic E-state index is -2.97. The Morgan fingerprint density at radius 3 is 2.22 bits per heavy atom. The molecule has 2 bridgehead atoms. The van der Waals surface area contributed by atoms with E-state index in [1.54, 1.807) is 0 Å². The lowest BCUT2D eigenvalue weighted by Crippen LogP contribution is -2.55. The number of hydrogen-bond donors (Lipinski definition) is 1. The first-order valence-corrected chi connectivity index (χ1v) is 8.47. The topological polar surface area (TPSA) is 63.6 Å². The fraction of sp³-hybridized carbons (Fsp3) is 1.00. The third kappa shape index (κ3) is 2.00. The van der Waals surface area contributed by atoms with Gasteiger partial charge in [-0.15, -0.1) is 0 Å². The van der Waals surface area contributed by atoms with Crippen molar-refractivity contribution >= 4 is 9.84 Å². The third-order valence-corrected chi connectivity index (χ3v) is 7.52. The molecule has 4 nitrogen and oxygen atoms in total. The molecule has 0 aliphatic carbocycles. The van der Waals surface area contributed by atoms with Crippen LogP contribution in [0.5, 0.6) is 0 Å². The summed E-state index contributed by atoms with van der Waals surface area (Å²) >= 11 is 0. The van der Waals surface area contributed by atoms with E-state index in [0.29, 0.717) is 32.5 Å². The first kappa shape index (κ1) is 12.9. The zero-order chi connectivity index (χ0) is 13.0. The molecule has 2 atom stereocenters. The molecule has 0 amide bonds. The number of sulfone groups is 1. The van der Waals surface area contributed by atoms with E-state index >= 15 is 0 Å². The molecule has 3 aliphatic rings. The van der Waals surface area contributed by atoms with E-state index in [1.807, 2.05) is 0 Å². The van der Waals surface area contributed by atoms with E-state index in [0.717, 1.165) is 19.3 Å². The molecule has 104 valence electrons. The van der Waals surface area contributed by atoms with Crippen molar-refractivity contribution < 1.29 is 18.3 Å². The molecule has 0 aromatic rings. The van der Waals surface area contributed by atoms with Gasteiger partial charge in [-0.2, -0.15) is 0 Å². The second-order valence-electron chi connectivity index (χ2n) is 6.88. The first-order chi connectivity index (χ1) is 8.33. The summed E-state index contributed by atoms with van der Waals surface area (Å²) in [6.45, 7) is 3.50. The molecule has 5 heteroatoms. The van der Waals surface area contributed by atoms with Gasteiger partial charge < -0.3 is 9.84 Å². The van der Waals surface area contributed by atoms with Gasteiger partial charge in [0.05, 0.1) is 29.3 Å². The van der Waals surface area contributed by atoms with Crippen LogP contribution in [0.4, 0.5) is 0 Å². The molecule has 0 radical (unpaired) electrons. The van der Waals surface area contributed by atoms with Crippen LogP contribution >= 0.6 is 0 Å². The Bertz CT molecular complexity index is 418. The second kappa shape index (κ2) is 3.93. The number of ether oxygens (including phenoxy) is 1. The van der Waals surface area contributed by atoms with Gasteiger partial charge in [-0.3, -0.25) is 0 Å². The van der Waals surface area contributed by atoms with Crippen molar-refractivity contribution in [3.05, 3.63) is 0 Å². The van der Waals surface area contributed by atoms with Crippen LogP contribution in [0.3, 0.4) is 0 Å². The normalized spacial score (nSPS) is 45.2. The Labute approximate surface area is 109 Å². The predicted molar refractivity (Wildman–Crippen MR) is 68.1 cm³/mol. The van der Waals surface area contributed by atoms with E-state index in [9.17, 15) is 13.5 Å². The second-order valence-corrected chi connectivity index (χ2v) is 9.39. The van der Waals surface area contributed by atoms with E-state index < -0.39 is 15.4 Å². The molecule has 18 heavy (non-hydrogen) atoms. The van der Waals surface area contributed by atoms with Gasteiger partial charge in [0.1, 0.15) is 0 Å². The number of aliphatic hydroxyl groups is 1. The molecule has 0 aromatic heterocycles. The fourth-order valence-corrected chi connectivity index (χ4v) is 6.65. The summed E-state index contributed by atoms with van der Waals surface area (Å²) in [5, 5.41) is 10.2. The van der Waals surface area contributed by atoms with Crippen LogP contribution in [-0.2, 0) is 14.6 Å². The lowest BCUT2D eigenvalue weighted by Gasteiger charge is -2.49. The maximum atomic E-state index is 12.2. The number of rotatable bonds is 2. The van der Waals surface area contributed by atoms with Crippen LogP contribution in [0.25, 0.3) is 0 Å². The highest BCUT2D eigenvalue weighted by atomic mass is 32.2. The molecule has 0 aromatic carbocycles. The lowest BCUT2D eigenvalue weighted by atomic mass is 9.72. The molecule has 3 rings (SSSR count). The fourth-order valence-electron chi connectivity index (χ4n) is 4.03. The van der Waals surface area contributed by atoms with Crippen molar-refractivity contribution in [2.24, 2.45) is 5.41 Å². The zero-order valence-electron chi connectivity index (χ0n) is 10.9. The molecule has 0 saturated carbocycles. The predicted octanol–water partition coefficient (Wildman–Crippen LogP) is 1.27. The molecule has 3 fully saturated rings. The van der Waals surface area contributed by atoms with Gasteiger partial charge in [-0.05, 0) is 32.1 Å². The van der Waals surface area contributed by atoms with Crippen LogP contribution in [0.2, 0.25) is 0 Å². The number of hydrogen-bond acceptors (Lipinski definition) is 4. The Morgan fingerprint density at radius 2 is 1.78 bits per heavy atom. The van der Waals surface area contributed by atoms with Crippen molar-refractivity contribution in [2.45, 2.75) is 61.5 Å². The Hall–Kier alpha value is -0.130. The third-order valence-electron chi connectivity index (χ3n) is 4.85. The van der Waals surface area contributed by atoms with Gasteiger partial charge in [0, 0.05) is 5.41 Å². The summed E-state index contributed by atoms with van der Waals surface area (Å²) in [4.78, 5) is 0. The highest BCUT2D eigenvalue weighted by Crippen LogP contribution is 2.47. The average Bonchev–Trinajstić information content (AvgIpc) is 2.19. The van der Waals surface area contributed by atoms with Gasteiger partial charge in [0.25, 0.3) is 0 Å². The summed E-state index contributed by atoms with van der Waals surface area (Å²) < 4.78 is 29.6. The maximum absolute atomic E-state index is 12.2. The molecule has 1 N–H and O–H groups in total. The van der Waals surface area contributed by atoms with Crippen LogP contribution < -0.4 is 0 Å². The van der Waals surface area contributed by atoms with Crippen LogP contribution in [0.15, 0.2) is 0 Å². The first-order valence-electron chi connectivity index (χ1n) is 6.86. The molecule has 3 saturated heterocycles.